The summed E-state index contributed by atoms with van der Waals surface area (Å²) in [6.07, 6.45) is 0. The minimum absolute atomic E-state index is 0.0642. The fourth-order valence-corrected chi connectivity index (χ4v) is 4.04. The Morgan fingerprint density at radius 1 is 0.879 bits per heavy atom. The highest BCUT2D eigenvalue weighted by atomic mass is 35.5. The number of nitrogens with zero attached hydrogens (tertiary/aromatic N) is 1. The summed E-state index contributed by atoms with van der Waals surface area (Å²) in [6, 6.07) is 21.3. The molecule has 0 aliphatic heterocycles. The highest BCUT2D eigenvalue weighted by Gasteiger charge is 2.29. The van der Waals surface area contributed by atoms with E-state index in [0.29, 0.717) is 16.4 Å². The SMILES string of the molecule is Cc1ccc(NC(=S)NNC(=O)C(=NNc2ccc(Cl)cc2)S(=O)(=O)c2ccccc2)cc1. The molecular weight excluding hydrogens is 482 g/mol. The summed E-state index contributed by atoms with van der Waals surface area (Å²) in [5.74, 6) is -1.01. The Morgan fingerprint density at radius 3 is 2.12 bits per heavy atom. The summed E-state index contributed by atoms with van der Waals surface area (Å²) in [4.78, 5) is 12.7. The largest absolute Gasteiger partial charge is 0.331 e. The number of amides is 1. The number of hydrogen-bond acceptors (Lipinski definition) is 6. The van der Waals surface area contributed by atoms with Gasteiger partial charge in [-0.15, -0.1) is 0 Å². The van der Waals surface area contributed by atoms with Crippen molar-refractivity contribution in [2.75, 3.05) is 10.7 Å². The van der Waals surface area contributed by atoms with Crippen LogP contribution in [0, 0.1) is 6.92 Å². The maximum absolute atomic E-state index is 13.1. The first kappa shape index (κ1) is 24.2. The van der Waals surface area contributed by atoms with Gasteiger partial charge in [0.25, 0.3) is 0 Å². The summed E-state index contributed by atoms with van der Waals surface area (Å²) in [5.41, 5.74) is 9.55. The maximum Gasteiger partial charge on any atom is 0.302 e. The van der Waals surface area contributed by atoms with Crippen molar-refractivity contribution in [1.29, 1.82) is 0 Å². The molecule has 0 aliphatic carbocycles. The normalized spacial score (nSPS) is 11.4. The highest BCUT2D eigenvalue weighted by Crippen LogP contribution is 2.16. The van der Waals surface area contributed by atoms with Gasteiger partial charge in [-0.25, -0.2) is 8.42 Å². The first-order chi connectivity index (χ1) is 15.8. The number of carbonyl (C=O) groups excluding carboxylic acids is 1. The van der Waals surface area contributed by atoms with Crippen LogP contribution in [0.15, 0.2) is 88.9 Å². The minimum atomic E-state index is -4.24. The average Bonchev–Trinajstić information content (AvgIpc) is 2.81. The summed E-state index contributed by atoms with van der Waals surface area (Å²) in [5, 5.41) is 6.56. The Morgan fingerprint density at radius 2 is 1.48 bits per heavy atom. The average molecular weight is 502 g/mol. The lowest BCUT2D eigenvalue weighted by Gasteiger charge is -2.13. The Hall–Kier alpha value is -3.47. The molecule has 0 spiro atoms. The van der Waals surface area contributed by atoms with Crippen LogP contribution in [0.4, 0.5) is 11.4 Å². The van der Waals surface area contributed by atoms with Crippen molar-refractivity contribution in [1.82, 2.24) is 10.9 Å². The van der Waals surface area contributed by atoms with Gasteiger partial charge < -0.3 is 5.32 Å². The van der Waals surface area contributed by atoms with Crippen molar-refractivity contribution in [3.63, 3.8) is 0 Å². The molecule has 0 aliphatic rings. The molecule has 3 aromatic carbocycles. The number of halogens is 1. The maximum atomic E-state index is 13.1. The molecule has 0 unspecified atom stereocenters. The number of benzene rings is 3. The Labute approximate surface area is 201 Å². The number of sulfone groups is 1. The Kier molecular flexibility index (Phi) is 7.99. The first-order valence-electron chi connectivity index (χ1n) is 9.59. The molecule has 3 rings (SSSR count). The zero-order valence-corrected chi connectivity index (χ0v) is 19.8. The molecule has 4 N–H and O–H groups in total. The van der Waals surface area contributed by atoms with Gasteiger partial charge in [-0.1, -0.05) is 47.5 Å². The number of aryl methyl sites for hydroxylation is 1. The van der Waals surface area contributed by atoms with Gasteiger partial charge in [0.05, 0.1) is 10.6 Å². The fourth-order valence-electron chi connectivity index (χ4n) is 2.55. The van der Waals surface area contributed by atoms with Gasteiger partial charge in [0.15, 0.2) is 5.11 Å². The molecule has 3 aromatic rings. The molecule has 170 valence electrons. The van der Waals surface area contributed by atoms with Gasteiger partial charge in [-0.05, 0) is 67.7 Å². The number of thiocarbonyl (C=S) groups is 1. The van der Waals surface area contributed by atoms with Crippen LogP contribution in [0.3, 0.4) is 0 Å². The van der Waals surface area contributed by atoms with Crippen LogP contribution >= 0.6 is 23.8 Å². The molecule has 0 saturated carbocycles. The number of carbonyl (C=O) groups is 1. The van der Waals surface area contributed by atoms with Crippen molar-refractivity contribution in [3.05, 3.63) is 89.4 Å². The molecule has 0 bridgehead atoms. The standard InChI is InChI=1S/C22H20ClN5O3S2/c1-15-7-11-17(12-8-15)24-22(32)28-26-20(29)21(27-25-18-13-9-16(23)10-14-18)33(30,31)19-5-3-2-4-6-19/h2-14,25H,1H3,(H,26,29)(H2,24,28,32). The van der Waals surface area contributed by atoms with Gasteiger partial charge in [0.1, 0.15) is 0 Å². The third kappa shape index (κ3) is 6.75. The fraction of sp³-hybridized carbons (Fsp3) is 0.0455. The van der Waals surface area contributed by atoms with Crippen molar-refractivity contribution in [2.24, 2.45) is 5.10 Å². The number of rotatable bonds is 4. The van der Waals surface area contributed by atoms with Crippen LogP contribution in [0.1, 0.15) is 5.56 Å². The molecular formula is C22H20ClN5O3S2. The second-order valence-corrected chi connectivity index (χ2v) is 9.46. The molecule has 11 heteroatoms. The predicted octanol–water partition coefficient (Wildman–Crippen LogP) is 3.87. The van der Waals surface area contributed by atoms with E-state index in [0.717, 1.165) is 5.56 Å². The highest BCUT2D eigenvalue weighted by molar-refractivity contribution is 8.08. The first-order valence-corrected chi connectivity index (χ1v) is 11.9. The quantitative estimate of drug-likeness (QED) is 0.186. The predicted molar refractivity (Wildman–Crippen MR) is 135 cm³/mol. The topological polar surface area (TPSA) is 112 Å². The van der Waals surface area contributed by atoms with Crippen LogP contribution in [0.25, 0.3) is 0 Å². The Balaban J connectivity index is 1.78. The van der Waals surface area contributed by atoms with E-state index in [4.69, 9.17) is 23.8 Å². The second-order valence-electron chi connectivity index (χ2n) is 6.75. The summed E-state index contributed by atoms with van der Waals surface area (Å²) in [7, 11) is -4.24. The molecule has 0 atom stereocenters. The van der Waals surface area contributed by atoms with Crippen molar-refractivity contribution >= 4 is 61.1 Å². The van der Waals surface area contributed by atoms with Crippen molar-refractivity contribution < 1.29 is 13.2 Å². The molecule has 33 heavy (non-hydrogen) atoms. The molecule has 0 fully saturated rings. The summed E-state index contributed by atoms with van der Waals surface area (Å²) >= 11 is 11.0. The molecule has 0 radical (unpaired) electrons. The second kappa shape index (κ2) is 10.9. The van der Waals surface area contributed by atoms with Crippen LogP contribution < -0.4 is 21.6 Å². The van der Waals surface area contributed by atoms with E-state index in [1.54, 1.807) is 42.5 Å². The van der Waals surface area contributed by atoms with Crippen LogP contribution in [0.2, 0.25) is 5.02 Å². The van der Waals surface area contributed by atoms with Gasteiger partial charge in [0, 0.05) is 10.7 Å². The van der Waals surface area contributed by atoms with Gasteiger partial charge in [-0.3, -0.25) is 21.1 Å². The van der Waals surface area contributed by atoms with Crippen molar-refractivity contribution in [3.8, 4) is 0 Å². The number of hydrogen-bond donors (Lipinski definition) is 4. The van der Waals surface area contributed by atoms with E-state index in [-0.39, 0.29) is 10.0 Å². The minimum Gasteiger partial charge on any atom is -0.331 e. The zero-order valence-electron chi connectivity index (χ0n) is 17.4. The third-order valence-corrected chi connectivity index (χ3v) is 6.37. The van der Waals surface area contributed by atoms with E-state index in [1.165, 1.54) is 12.1 Å². The van der Waals surface area contributed by atoms with Crippen LogP contribution in [0.5, 0.6) is 0 Å². The smallest absolute Gasteiger partial charge is 0.302 e. The number of hydrazone groups is 1. The van der Waals surface area contributed by atoms with Gasteiger partial charge in [-0.2, -0.15) is 5.10 Å². The summed E-state index contributed by atoms with van der Waals surface area (Å²) < 4.78 is 26.2. The summed E-state index contributed by atoms with van der Waals surface area (Å²) in [6.45, 7) is 1.95. The zero-order chi connectivity index (χ0) is 23.8. The van der Waals surface area contributed by atoms with Crippen molar-refractivity contribution in [2.45, 2.75) is 11.8 Å². The lowest BCUT2D eigenvalue weighted by atomic mass is 10.2. The number of hydrazine groups is 1. The lowest BCUT2D eigenvalue weighted by molar-refractivity contribution is -0.115. The molecule has 0 saturated heterocycles. The van der Waals surface area contributed by atoms with Gasteiger partial charge in [0.2, 0.25) is 14.9 Å². The molecule has 0 aromatic heterocycles. The number of anilines is 2. The lowest BCUT2D eigenvalue weighted by Crippen LogP contribution is -2.48. The van der Waals surface area contributed by atoms with Gasteiger partial charge >= 0.3 is 5.91 Å². The molecule has 0 heterocycles. The molecule has 1 amide bonds. The van der Waals surface area contributed by atoms with E-state index in [2.05, 4.69) is 26.7 Å². The van der Waals surface area contributed by atoms with E-state index in [1.807, 2.05) is 31.2 Å². The van der Waals surface area contributed by atoms with E-state index >= 15 is 0 Å². The van der Waals surface area contributed by atoms with E-state index in [9.17, 15) is 13.2 Å². The Bertz CT molecular complexity index is 1260. The monoisotopic (exact) mass is 501 g/mol. The van der Waals surface area contributed by atoms with E-state index < -0.39 is 20.8 Å². The molecule has 8 nitrogen and oxygen atoms in total. The van der Waals surface area contributed by atoms with Crippen LogP contribution in [-0.2, 0) is 14.6 Å². The third-order valence-electron chi connectivity index (χ3n) is 4.23. The number of nitrogens with one attached hydrogen (secondary N) is 4. The van der Waals surface area contributed by atoms with Crippen LogP contribution in [-0.4, -0.2) is 24.5 Å².